The molecular formula is C62H120O5. The summed E-state index contributed by atoms with van der Waals surface area (Å²) in [5.74, 6) is -0.565. The number of hydrogen-bond donors (Lipinski definition) is 1. The lowest BCUT2D eigenvalue weighted by molar-refractivity contribution is -0.161. The van der Waals surface area contributed by atoms with Crippen LogP contribution in [-0.2, 0) is 19.1 Å². The van der Waals surface area contributed by atoms with Crippen LogP contribution in [0.2, 0.25) is 0 Å². The second-order valence-electron chi connectivity index (χ2n) is 21.1. The van der Waals surface area contributed by atoms with Crippen LogP contribution in [0.4, 0.5) is 0 Å². The van der Waals surface area contributed by atoms with Crippen molar-refractivity contribution in [3.8, 4) is 0 Å². The third kappa shape index (κ3) is 57.1. The van der Waals surface area contributed by atoms with Crippen molar-refractivity contribution >= 4 is 11.9 Å². The zero-order chi connectivity index (χ0) is 48.5. The number of hydrogen-bond acceptors (Lipinski definition) is 5. The highest BCUT2D eigenvalue weighted by Gasteiger charge is 2.16. The molecule has 5 nitrogen and oxygen atoms in total. The standard InChI is InChI=1S/C62H120O5/c1-3-5-7-9-11-13-15-17-19-21-23-25-27-29-31-33-35-37-39-41-43-45-47-49-51-53-55-57-62(65)67-60(58-63)59-66-61(64)56-54-52-50-48-46-44-42-40-38-36-34-32-30-28-26-24-22-20-18-16-14-12-10-8-6-4-2/h21,23,60,63H,3-20,22,24-59H2,1-2H3/b23-21-. The van der Waals surface area contributed by atoms with E-state index in [1.54, 1.807) is 0 Å². The van der Waals surface area contributed by atoms with Gasteiger partial charge in [-0.2, -0.15) is 0 Å². The maximum absolute atomic E-state index is 12.3. The molecule has 0 heterocycles. The van der Waals surface area contributed by atoms with Gasteiger partial charge >= 0.3 is 11.9 Å². The lowest BCUT2D eigenvalue weighted by atomic mass is 10.0. The molecule has 1 atom stereocenters. The minimum Gasteiger partial charge on any atom is -0.462 e. The topological polar surface area (TPSA) is 72.8 Å². The molecule has 0 fully saturated rings. The highest BCUT2D eigenvalue weighted by atomic mass is 16.6. The Labute approximate surface area is 420 Å². The van der Waals surface area contributed by atoms with Gasteiger partial charge in [-0.05, 0) is 38.5 Å². The van der Waals surface area contributed by atoms with Crippen LogP contribution in [0.1, 0.15) is 354 Å². The van der Waals surface area contributed by atoms with Gasteiger partial charge in [0.15, 0.2) is 6.10 Å². The van der Waals surface area contributed by atoms with Crippen LogP contribution in [0.3, 0.4) is 0 Å². The third-order valence-electron chi connectivity index (χ3n) is 14.3. The first kappa shape index (κ1) is 65.6. The minimum absolute atomic E-state index is 0.0574. The van der Waals surface area contributed by atoms with Crippen LogP contribution in [-0.4, -0.2) is 36.4 Å². The normalized spacial score (nSPS) is 12.1. The van der Waals surface area contributed by atoms with Crippen molar-refractivity contribution in [1.29, 1.82) is 0 Å². The molecule has 0 aliphatic heterocycles. The number of aliphatic hydroxyl groups excluding tert-OH is 1. The van der Waals surface area contributed by atoms with E-state index in [9.17, 15) is 14.7 Å². The molecule has 0 aromatic carbocycles. The first-order valence-electron chi connectivity index (χ1n) is 30.7. The molecule has 0 rings (SSSR count). The molecule has 0 bridgehead atoms. The van der Waals surface area contributed by atoms with Crippen molar-refractivity contribution in [3.63, 3.8) is 0 Å². The van der Waals surface area contributed by atoms with Crippen molar-refractivity contribution in [2.45, 2.75) is 360 Å². The SMILES string of the molecule is CCCCCCCCCC/C=C\CCCCCCCCCCCCCCCCCC(=O)OC(CO)COC(=O)CCCCCCCCCCCCCCCCCCCCCCCCCCCC. The first-order valence-corrected chi connectivity index (χ1v) is 30.7. The summed E-state index contributed by atoms with van der Waals surface area (Å²) in [5, 5.41) is 9.67. The average Bonchev–Trinajstić information content (AvgIpc) is 3.33. The van der Waals surface area contributed by atoms with Crippen LogP contribution in [0.25, 0.3) is 0 Å². The maximum Gasteiger partial charge on any atom is 0.306 e. The van der Waals surface area contributed by atoms with Gasteiger partial charge in [0.1, 0.15) is 6.61 Å². The van der Waals surface area contributed by atoms with Crippen LogP contribution in [0, 0.1) is 0 Å². The number of carbonyl (C=O) groups excluding carboxylic acids is 2. The van der Waals surface area contributed by atoms with Gasteiger partial charge in [-0.1, -0.05) is 315 Å². The fourth-order valence-electron chi connectivity index (χ4n) is 9.67. The molecule has 67 heavy (non-hydrogen) atoms. The summed E-state index contributed by atoms with van der Waals surface area (Å²) < 4.78 is 10.7. The van der Waals surface area contributed by atoms with Crippen LogP contribution in [0.5, 0.6) is 0 Å². The van der Waals surface area contributed by atoms with Crippen LogP contribution < -0.4 is 0 Å². The fraction of sp³-hybridized carbons (Fsp3) is 0.935. The molecule has 0 aliphatic rings. The fourth-order valence-corrected chi connectivity index (χ4v) is 9.67. The third-order valence-corrected chi connectivity index (χ3v) is 14.3. The molecule has 0 aromatic rings. The Morgan fingerprint density at radius 1 is 0.328 bits per heavy atom. The Hall–Kier alpha value is -1.36. The van der Waals surface area contributed by atoms with E-state index < -0.39 is 6.10 Å². The molecule has 0 amide bonds. The second kappa shape index (κ2) is 59.0. The Kier molecular flexibility index (Phi) is 57.8. The van der Waals surface area contributed by atoms with E-state index in [4.69, 9.17) is 9.47 Å². The Morgan fingerprint density at radius 3 is 0.806 bits per heavy atom. The molecule has 0 saturated carbocycles. The molecule has 1 N–H and O–H groups in total. The number of allylic oxidation sites excluding steroid dienone is 2. The molecule has 398 valence electrons. The highest BCUT2D eigenvalue weighted by Crippen LogP contribution is 2.18. The molecule has 0 aromatic heterocycles. The molecular weight excluding hydrogens is 825 g/mol. The highest BCUT2D eigenvalue weighted by molar-refractivity contribution is 5.70. The first-order chi connectivity index (χ1) is 33.1. The van der Waals surface area contributed by atoms with E-state index in [1.807, 2.05) is 0 Å². The van der Waals surface area contributed by atoms with Gasteiger partial charge in [-0.25, -0.2) is 0 Å². The maximum atomic E-state index is 12.3. The van der Waals surface area contributed by atoms with E-state index in [-0.39, 0.29) is 25.2 Å². The van der Waals surface area contributed by atoms with Crippen molar-refractivity contribution in [3.05, 3.63) is 12.2 Å². The number of rotatable bonds is 58. The largest absolute Gasteiger partial charge is 0.462 e. The summed E-state index contributed by atoms with van der Waals surface area (Å²) in [6.45, 7) is 4.21. The average molecular weight is 946 g/mol. The van der Waals surface area contributed by atoms with E-state index in [2.05, 4.69) is 26.0 Å². The molecule has 0 saturated heterocycles. The van der Waals surface area contributed by atoms with Crippen LogP contribution >= 0.6 is 0 Å². The van der Waals surface area contributed by atoms with Gasteiger partial charge < -0.3 is 14.6 Å². The Morgan fingerprint density at radius 2 is 0.552 bits per heavy atom. The number of ether oxygens (including phenoxy) is 2. The summed E-state index contributed by atoms with van der Waals surface area (Å²) in [5.41, 5.74) is 0. The van der Waals surface area contributed by atoms with Gasteiger partial charge in [0.05, 0.1) is 6.61 Å². The van der Waals surface area contributed by atoms with Crippen LogP contribution in [0.15, 0.2) is 12.2 Å². The number of unbranched alkanes of at least 4 members (excludes halogenated alkanes) is 48. The monoisotopic (exact) mass is 945 g/mol. The Bertz CT molecular complexity index is 979. The smallest absolute Gasteiger partial charge is 0.306 e. The second-order valence-corrected chi connectivity index (χ2v) is 21.1. The van der Waals surface area contributed by atoms with Crippen molar-refractivity contribution in [2.24, 2.45) is 0 Å². The summed E-state index contributed by atoms with van der Waals surface area (Å²) in [4.78, 5) is 24.6. The van der Waals surface area contributed by atoms with Gasteiger partial charge in [-0.3, -0.25) is 9.59 Å². The van der Waals surface area contributed by atoms with Gasteiger partial charge in [-0.15, -0.1) is 0 Å². The molecule has 0 spiro atoms. The summed E-state index contributed by atoms with van der Waals surface area (Å²) >= 11 is 0. The summed E-state index contributed by atoms with van der Waals surface area (Å²) in [7, 11) is 0. The van der Waals surface area contributed by atoms with Crippen molar-refractivity contribution < 1.29 is 24.2 Å². The quantitative estimate of drug-likeness (QED) is 0.0374. The van der Waals surface area contributed by atoms with Crippen molar-refractivity contribution in [1.82, 2.24) is 0 Å². The molecule has 0 radical (unpaired) electrons. The summed E-state index contributed by atoms with van der Waals surface area (Å²) in [6, 6.07) is 0. The number of carbonyl (C=O) groups is 2. The molecule has 5 heteroatoms. The van der Waals surface area contributed by atoms with Gasteiger partial charge in [0.25, 0.3) is 0 Å². The van der Waals surface area contributed by atoms with E-state index in [0.29, 0.717) is 12.8 Å². The summed E-state index contributed by atoms with van der Waals surface area (Å²) in [6.07, 6.45) is 73.6. The molecule has 0 aliphatic carbocycles. The van der Waals surface area contributed by atoms with E-state index >= 15 is 0 Å². The van der Waals surface area contributed by atoms with Crippen molar-refractivity contribution in [2.75, 3.05) is 13.2 Å². The van der Waals surface area contributed by atoms with E-state index in [0.717, 1.165) is 32.1 Å². The van der Waals surface area contributed by atoms with E-state index in [1.165, 1.54) is 295 Å². The minimum atomic E-state index is -0.767. The van der Waals surface area contributed by atoms with Gasteiger partial charge in [0, 0.05) is 12.8 Å². The number of esters is 2. The zero-order valence-corrected chi connectivity index (χ0v) is 45.7. The number of aliphatic hydroxyl groups is 1. The zero-order valence-electron chi connectivity index (χ0n) is 45.7. The predicted octanol–water partition coefficient (Wildman–Crippen LogP) is 20.7. The lowest BCUT2D eigenvalue weighted by Gasteiger charge is -2.15. The predicted molar refractivity (Wildman–Crippen MR) is 293 cm³/mol. The Balaban J connectivity index is 3.40. The molecule has 1 unspecified atom stereocenters. The van der Waals surface area contributed by atoms with Gasteiger partial charge in [0.2, 0.25) is 0 Å². The lowest BCUT2D eigenvalue weighted by Crippen LogP contribution is -2.28.